The van der Waals surface area contributed by atoms with Crippen molar-refractivity contribution in [3.05, 3.63) is 30.1 Å². The fraction of sp³-hybridized carbons (Fsp3) is 0.667. The van der Waals surface area contributed by atoms with E-state index in [1.54, 1.807) is 0 Å². The van der Waals surface area contributed by atoms with Crippen LogP contribution in [-0.2, 0) is 11.3 Å². The maximum Gasteiger partial charge on any atom is 0.409 e. The number of carbonyl (C=O) groups is 1. The highest BCUT2D eigenvalue weighted by molar-refractivity contribution is 5.68. The van der Waals surface area contributed by atoms with E-state index in [0.717, 1.165) is 52.0 Å². The SMILES string of the molecule is CCOC(=O)N1CC[C@@H](NC2CCN(Cc3cccnc3)CC2)C1. The first-order chi connectivity index (χ1) is 11.7. The summed E-state index contributed by atoms with van der Waals surface area (Å²) in [6.07, 6.45) is 6.95. The van der Waals surface area contributed by atoms with Crippen molar-refractivity contribution in [1.82, 2.24) is 20.1 Å². The Balaban J connectivity index is 1.38. The molecule has 0 saturated carbocycles. The maximum atomic E-state index is 11.8. The van der Waals surface area contributed by atoms with E-state index >= 15 is 0 Å². The zero-order chi connectivity index (χ0) is 16.8. The first-order valence-corrected chi connectivity index (χ1v) is 9.03. The summed E-state index contributed by atoms with van der Waals surface area (Å²) in [5.41, 5.74) is 1.28. The van der Waals surface area contributed by atoms with Crippen molar-refractivity contribution in [2.75, 3.05) is 32.8 Å². The lowest BCUT2D eigenvalue weighted by Gasteiger charge is -2.33. The van der Waals surface area contributed by atoms with E-state index in [9.17, 15) is 4.79 Å². The summed E-state index contributed by atoms with van der Waals surface area (Å²) in [7, 11) is 0. The number of likely N-dealkylation sites (tertiary alicyclic amines) is 2. The number of piperidine rings is 1. The van der Waals surface area contributed by atoms with Gasteiger partial charge in [0.15, 0.2) is 0 Å². The molecule has 2 saturated heterocycles. The fourth-order valence-electron chi connectivity index (χ4n) is 3.62. The van der Waals surface area contributed by atoms with Gasteiger partial charge in [-0.15, -0.1) is 0 Å². The number of carbonyl (C=O) groups excluding carboxylic acids is 1. The van der Waals surface area contributed by atoms with Gasteiger partial charge in [0.05, 0.1) is 6.61 Å². The second-order valence-electron chi connectivity index (χ2n) is 6.71. The van der Waals surface area contributed by atoms with Crippen LogP contribution >= 0.6 is 0 Å². The number of pyridine rings is 1. The van der Waals surface area contributed by atoms with Crippen molar-refractivity contribution in [3.8, 4) is 0 Å². The molecule has 0 aliphatic carbocycles. The van der Waals surface area contributed by atoms with Gasteiger partial charge < -0.3 is 15.0 Å². The highest BCUT2D eigenvalue weighted by atomic mass is 16.6. The molecule has 2 aliphatic rings. The van der Waals surface area contributed by atoms with Crippen LogP contribution in [0.15, 0.2) is 24.5 Å². The Labute approximate surface area is 144 Å². The smallest absolute Gasteiger partial charge is 0.409 e. The minimum Gasteiger partial charge on any atom is -0.450 e. The van der Waals surface area contributed by atoms with E-state index < -0.39 is 0 Å². The van der Waals surface area contributed by atoms with E-state index in [0.29, 0.717) is 18.7 Å². The number of amides is 1. The number of rotatable bonds is 5. The largest absolute Gasteiger partial charge is 0.450 e. The molecular formula is C18H28N4O2. The van der Waals surface area contributed by atoms with E-state index in [2.05, 4.69) is 21.3 Å². The van der Waals surface area contributed by atoms with Crippen molar-refractivity contribution in [2.24, 2.45) is 0 Å². The molecule has 6 nitrogen and oxygen atoms in total. The van der Waals surface area contributed by atoms with Gasteiger partial charge in [-0.2, -0.15) is 0 Å². The fourth-order valence-corrected chi connectivity index (χ4v) is 3.62. The normalized spacial score (nSPS) is 22.7. The monoisotopic (exact) mass is 332 g/mol. The molecule has 1 N–H and O–H groups in total. The Morgan fingerprint density at radius 3 is 2.79 bits per heavy atom. The number of aromatic nitrogens is 1. The van der Waals surface area contributed by atoms with Gasteiger partial charge in [-0.05, 0) is 50.9 Å². The summed E-state index contributed by atoms with van der Waals surface area (Å²) in [4.78, 5) is 20.3. The predicted molar refractivity (Wildman–Crippen MR) is 92.7 cm³/mol. The van der Waals surface area contributed by atoms with E-state index in [1.807, 2.05) is 30.3 Å². The van der Waals surface area contributed by atoms with Crippen molar-refractivity contribution in [2.45, 2.75) is 44.8 Å². The van der Waals surface area contributed by atoms with Crippen LogP contribution in [0.1, 0.15) is 31.7 Å². The first kappa shape index (κ1) is 17.2. The van der Waals surface area contributed by atoms with Crippen LogP contribution in [0.25, 0.3) is 0 Å². The van der Waals surface area contributed by atoms with E-state index in [4.69, 9.17) is 4.74 Å². The molecule has 1 aromatic heterocycles. The number of nitrogens with one attached hydrogen (secondary N) is 1. The molecule has 0 unspecified atom stereocenters. The van der Waals surface area contributed by atoms with Gasteiger partial charge in [0.2, 0.25) is 0 Å². The van der Waals surface area contributed by atoms with Crippen LogP contribution in [0.5, 0.6) is 0 Å². The van der Waals surface area contributed by atoms with Crippen molar-refractivity contribution < 1.29 is 9.53 Å². The highest BCUT2D eigenvalue weighted by Gasteiger charge is 2.29. The average molecular weight is 332 g/mol. The van der Waals surface area contributed by atoms with Crippen LogP contribution in [-0.4, -0.2) is 65.7 Å². The van der Waals surface area contributed by atoms with Crippen LogP contribution in [0, 0.1) is 0 Å². The molecule has 2 aliphatic heterocycles. The second-order valence-corrected chi connectivity index (χ2v) is 6.71. The first-order valence-electron chi connectivity index (χ1n) is 9.03. The molecule has 0 bridgehead atoms. The topological polar surface area (TPSA) is 57.7 Å². The summed E-state index contributed by atoms with van der Waals surface area (Å²) in [5, 5.41) is 3.74. The molecule has 2 fully saturated rings. The third-order valence-corrected chi connectivity index (χ3v) is 4.90. The quantitative estimate of drug-likeness (QED) is 0.892. The Kier molecular flexibility index (Phi) is 6.04. The Hall–Kier alpha value is -1.66. The van der Waals surface area contributed by atoms with Crippen molar-refractivity contribution in [3.63, 3.8) is 0 Å². The summed E-state index contributed by atoms with van der Waals surface area (Å²) in [6, 6.07) is 5.10. The second kappa shape index (κ2) is 8.44. The van der Waals surface area contributed by atoms with Crippen LogP contribution in [0.4, 0.5) is 4.79 Å². The lowest BCUT2D eigenvalue weighted by atomic mass is 10.0. The van der Waals surface area contributed by atoms with Gasteiger partial charge in [-0.25, -0.2) is 4.79 Å². The lowest BCUT2D eigenvalue weighted by Crippen LogP contribution is -2.47. The molecule has 3 rings (SSSR count). The number of hydrogen-bond donors (Lipinski definition) is 1. The Morgan fingerprint density at radius 1 is 1.29 bits per heavy atom. The van der Waals surface area contributed by atoms with Crippen LogP contribution in [0.2, 0.25) is 0 Å². The standard InChI is InChI=1S/C18H28N4O2/c1-2-24-18(23)22-11-7-17(14-22)20-16-5-9-21(10-6-16)13-15-4-3-8-19-12-15/h3-4,8,12,16-17,20H,2,5-7,9-11,13-14H2,1H3/t17-/m1/s1. The summed E-state index contributed by atoms with van der Waals surface area (Å²) < 4.78 is 5.08. The minimum absolute atomic E-state index is 0.173. The average Bonchev–Trinajstić information content (AvgIpc) is 3.06. The van der Waals surface area contributed by atoms with Gasteiger partial charge in [0, 0.05) is 44.1 Å². The summed E-state index contributed by atoms with van der Waals surface area (Å²) >= 11 is 0. The predicted octanol–water partition coefficient (Wildman–Crippen LogP) is 1.87. The van der Waals surface area contributed by atoms with Crippen LogP contribution in [0.3, 0.4) is 0 Å². The molecule has 6 heteroatoms. The molecule has 1 aromatic rings. The molecule has 1 atom stereocenters. The lowest BCUT2D eigenvalue weighted by molar-refractivity contribution is 0.114. The summed E-state index contributed by atoms with van der Waals surface area (Å²) in [5.74, 6) is 0. The molecule has 0 aromatic carbocycles. The molecule has 0 radical (unpaired) electrons. The van der Waals surface area contributed by atoms with Gasteiger partial charge in [-0.1, -0.05) is 6.07 Å². The maximum absolute atomic E-state index is 11.8. The third kappa shape index (κ3) is 4.68. The molecule has 3 heterocycles. The number of ether oxygens (including phenoxy) is 1. The molecule has 0 spiro atoms. The highest BCUT2D eigenvalue weighted by Crippen LogP contribution is 2.17. The molecule has 1 amide bonds. The van der Waals surface area contributed by atoms with Gasteiger partial charge in [0.25, 0.3) is 0 Å². The van der Waals surface area contributed by atoms with E-state index in [1.165, 1.54) is 5.56 Å². The zero-order valence-corrected chi connectivity index (χ0v) is 14.5. The van der Waals surface area contributed by atoms with Gasteiger partial charge in [-0.3, -0.25) is 9.88 Å². The molecular weight excluding hydrogens is 304 g/mol. The number of hydrogen-bond acceptors (Lipinski definition) is 5. The van der Waals surface area contributed by atoms with E-state index in [-0.39, 0.29) is 6.09 Å². The molecule has 24 heavy (non-hydrogen) atoms. The Morgan fingerprint density at radius 2 is 2.08 bits per heavy atom. The van der Waals surface area contributed by atoms with Crippen molar-refractivity contribution >= 4 is 6.09 Å². The third-order valence-electron chi connectivity index (χ3n) is 4.90. The molecule has 132 valence electrons. The van der Waals surface area contributed by atoms with Gasteiger partial charge in [0.1, 0.15) is 0 Å². The Bertz CT molecular complexity index is 517. The summed E-state index contributed by atoms with van der Waals surface area (Å²) in [6.45, 7) is 7.08. The minimum atomic E-state index is -0.173. The van der Waals surface area contributed by atoms with Crippen LogP contribution < -0.4 is 5.32 Å². The zero-order valence-electron chi connectivity index (χ0n) is 14.5. The number of nitrogens with zero attached hydrogens (tertiary/aromatic N) is 3. The van der Waals surface area contributed by atoms with Crippen molar-refractivity contribution in [1.29, 1.82) is 0 Å². The van der Waals surface area contributed by atoms with Gasteiger partial charge >= 0.3 is 6.09 Å².